The van der Waals surface area contributed by atoms with E-state index >= 15 is 0 Å². The van der Waals surface area contributed by atoms with Gasteiger partial charge in [-0.1, -0.05) is 64.7 Å². The minimum absolute atomic E-state index is 0. The molecule has 2 rings (SSSR count). The van der Waals surface area contributed by atoms with Crippen LogP contribution < -0.4 is 34.7 Å². The Kier molecular flexibility index (Phi) is 12.7. The summed E-state index contributed by atoms with van der Waals surface area (Å²) in [6.45, 7) is 2.22. The van der Waals surface area contributed by atoms with Crippen molar-refractivity contribution < 1.29 is 47.9 Å². The smallest absolute Gasteiger partial charge is 0.876 e. The van der Waals surface area contributed by atoms with Crippen molar-refractivity contribution in [2.45, 2.75) is 76.0 Å². The number of amidine groups is 1. The van der Waals surface area contributed by atoms with Crippen LogP contribution in [0.25, 0.3) is 0 Å². The van der Waals surface area contributed by atoms with Crippen molar-refractivity contribution in [2.75, 3.05) is 12.8 Å². The maximum atomic E-state index is 12.6. The van der Waals surface area contributed by atoms with E-state index in [1.807, 2.05) is 0 Å². The standard InChI is InChI=1S/C23H34N2O4S.Na/c1-3-4-5-6-7-8-9-10-11-12-17-30(28,29)20-15-13-19(14-16-20)22-24-21(18-26)23(27)25(22)2;/h13-16,18,26H,3-12,17H2,1-2H3;/q;+1/p-1/b21-18+;. The Morgan fingerprint density at radius 1 is 0.935 bits per heavy atom. The molecule has 6 nitrogen and oxygen atoms in total. The van der Waals surface area contributed by atoms with Gasteiger partial charge in [0.2, 0.25) is 0 Å². The number of unbranched alkanes of at least 4 members (excludes halogenated alkanes) is 9. The Morgan fingerprint density at radius 2 is 1.45 bits per heavy atom. The van der Waals surface area contributed by atoms with Crippen molar-refractivity contribution in [3.05, 3.63) is 41.8 Å². The maximum Gasteiger partial charge on any atom is 1.00 e. The topological polar surface area (TPSA) is 89.9 Å². The molecular formula is C23H33N2NaO4S. The van der Waals surface area contributed by atoms with Crippen LogP contribution in [0.4, 0.5) is 0 Å². The van der Waals surface area contributed by atoms with E-state index in [-0.39, 0.29) is 45.9 Å². The number of carbonyl (C=O) groups is 1. The minimum atomic E-state index is -3.33. The third-order valence-corrected chi connectivity index (χ3v) is 7.23. The van der Waals surface area contributed by atoms with Crippen molar-refractivity contribution in [2.24, 2.45) is 4.99 Å². The number of hydrogen-bond acceptors (Lipinski definition) is 5. The van der Waals surface area contributed by atoms with E-state index in [2.05, 4.69) is 11.9 Å². The number of likely N-dealkylation sites (N-methyl/N-ethyl adjacent to an activating group) is 1. The first-order valence-electron chi connectivity index (χ1n) is 10.9. The first-order chi connectivity index (χ1) is 14.4. The van der Waals surface area contributed by atoms with E-state index in [0.717, 1.165) is 12.8 Å². The first-order valence-corrected chi connectivity index (χ1v) is 12.6. The fraction of sp³-hybridized carbons (Fsp3) is 0.565. The Hall–Kier alpha value is -1.15. The van der Waals surface area contributed by atoms with Crippen LogP contribution >= 0.6 is 0 Å². The molecular weight excluding hydrogens is 423 g/mol. The molecule has 0 atom stereocenters. The van der Waals surface area contributed by atoms with Crippen LogP contribution in [0.1, 0.15) is 76.7 Å². The summed E-state index contributed by atoms with van der Waals surface area (Å²) in [5, 5.41) is 10.9. The number of nitrogens with zero attached hydrogens (tertiary/aromatic N) is 2. The zero-order valence-corrected chi connectivity index (χ0v) is 21.9. The van der Waals surface area contributed by atoms with E-state index in [1.54, 1.807) is 24.3 Å². The van der Waals surface area contributed by atoms with Gasteiger partial charge in [0.1, 0.15) is 11.5 Å². The molecule has 0 bridgehead atoms. The van der Waals surface area contributed by atoms with Crippen molar-refractivity contribution in [1.82, 2.24) is 4.90 Å². The predicted molar refractivity (Wildman–Crippen MR) is 118 cm³/mol. The van der Waals surface area contributed by atoms with E-state index in [1.165, 1.54) is 56.9 Å². The van der Waals surface area contributed by atoms with Gasteiger partial charge in [-0.2, -0.15) is 0 Å². The molecule has 1 aromatic rings. The normalized spacial score (nSPS) is 15.3. The molecule has 31 heavy (non-hydrogen) atoms. The average Bonchev–Trinajstić information content (AvgIpc) is 3.03. The molecule has 0 spiro atoms. The molecule has 166 valence electrons. The Morgan fingerprint density at radius 3 is 1.94 bits per heavy atom. The molecule has 1 aliphatic rings. The van der Waals surface area contributed by atoms with Gasteiger partial charge in [-0.3, -0.25) is 9.69 Å². The SMILES string of the molecule is CCCCCCCCCCCCS(=O)(=O)c1ccc(C2=N/C(=C/[O-])C(=O)N2C)cc1.[Na+]. The Labute approximate surface area is 209 Å². The molecule has 1 aliphatic heterocycles. The Balaban J connectivity index is 0.00000480. The zero-order valence-electron chi connectivity index (χ0n) is 19.1. The molecule has 0 aliphatic carbocycles. The van der Waals surface area contributed by atoms with E-state index < -0.39 is 15.7 Å². The number of carbonyl (C=O) groups excluding carboxylic acids is 1. The van der Waals surface area contributed by atoms with Gasteiger partial charge in [-0.25, -0.2) is 13.4 Å². The fourth-order valence-electron chi connectivity index (χ4n) is 3.55. The van der Waals surface area contributed by atoms with Crippen molar-refractivity contribution in [3.8, 4) is 0 Å². The summed E-state index contributed by atoms with van der Waals surface area (Å²) in [4.78, 5) is 17.5. The van der Waals surface area contributed by atoms with E-state index in [0.29, 0.717) is 24.1 Å². The molecule has 1 heterocycles. The zero-order chi connectivity index (χ0) is 22.0. The van der Waals surface area contributed by atoms with Gasteiger partial charge in [-0.05, 0) is 30.7 Å². The van der Waals surface area contributed by atoms with Gasteiger partial charge < -0.3 is 5.11 Å². The second kappa shape index (κ2) is 14.1. The largest absolute Gasteiger partial charge is 1.00 e. The third kappa shape index (κ3) is 8.37. The molecule has 0 saturated heterocycles. The summed E-state index contributed by atoms with van der Waals surface area (Å²) in [5.74, 6) is 0.0315. The Bertz CT molecular complexity index is 864. The molecule has 1 amide bonds. The third-order valence-electron chi connectivity index (χ3n) is 5.42. The first kappa shape index (κ1) is 27.9. The van der Waals surface area contributed by atoms with Crippen LogP contribution in [-0.4, -0.2) is 37.9 Å². The van der Waals surface area contributed by atoms with Gasteiger partial charge in [0.05, 0.1) is 10.6 Å². The molecule has 0 aromatic heterocycles. The van der Waals surface area contributed by atoms with Crippen molar-refractivity contribution in [3.63, 3.8) is 0 Å². The number of amides is 1. The second-order valence-electron chi connectivity index (χ2n) is 7.83. The maximum absolute atomic E-state index is 12.6. The van der Waals surface area contributed by atoms with E-state index in [4.69, 9.17) is 0 Å². The van der Waals surface area contributed by atoms with Crippen molar-refractivity contribution >= 4 is 21.6 Å². The molecule has 0 radical (unpaired) electrons. The second-order valence-corrected chi connectivity index (χ2v) is 9.94. The molecule has 1 aromatic carbocycles. The molecule has 0 unspecified atom stereocenters. The molecule has 0 saturated carbocycles. The van der Waals surface area contributed by atoms with Crippen LogP contribution in [0.2, 0.25) is 0 Å². The van der Waals surface area contributed by atoms with Gasteiger partial charge in [0.15, 0.2) is 9.84 Å². The minimum Gasteiger partial charge on any atom is -0.876 e. The summed E-state index contributed by atoms with van der Waals surface area (Å²) < 4.78 is 25.1. The van der Waals surface area contributed by atoms with Crippen molar-refractivity contribution in [1.29, 1.82) is 0 Å². The number of sulfone groups is 1. The summed E-state index contributed by atoms with van der Waals surface area (Å²) in [6.07, 6.45) is 12.0. The summed E-state index contributed by atoms with van der Waals surface area (Å²) in [5.41, 5.74) is 0.450. The van der Waals surface area contributed by atoms with Crippen LogP contribution in [0, 0.1) is 0 Å². The summed E-state index contributed by atoms with van der Waals surface area (Å²) >= 11 is 0. The number of benzene rings is 1. The van der Waals surface area contributed by atoms with Gasteiger partial charge >= 0.3 is 29.6 Å². The number of aliphatic imine (C=N–C) groups is 1. The van der Waals surface area contributed by atoms with Crippen LogP contribution in [0.5, 0.6) is 0 Å². The number of rotatable bonds is 13. The predicted octanol–water partition coefficient (Wildman–Crippen LogP) is 0.806. The summed E-state index contributed by atoms with van der Waals surface area (Å²) in [7, 11) is -1.79. The molecule has 0 N–H and O–H groups in total. The van der Waals surface area contributed by atoms with Gasteiger partial charge in [0, 0.05) is 12.6 Å². The van der Waals surface area contributed by atoms with E-state index in [9.17, 15) is 18.3 Å². The molecule has 0 fully saturated rings. The monoisotopic (exact) mass is 456 g/mol. The fourth-order valence-corrected chi connectivity index (χ4v) is 4.92. The molecule has 8 heteroatoms. The average molecular weight is 457 g/mol. The quantitative estimate of drug-likeness (QED) is 0.190. The van der Waals surface area contributed by atoms with Crippen LogP contribution in [0.15, 0.2) is 46.1 Å². The number of hydrogen-bond donors (Lipinski definition) is 0. The van der Waals surface area contributed by atoms with Gasteiger partial charge in [0.25, 0.3) is 5.91 Å². The van der Waals surface area contributed by atoms with Crippen LogP contribution in [-0.2, 0) is 14.6 Å². The summed E-state index contributed by atoms with van der Waals surface area (Å²) in [6, 6.07) is 6.34. The van der Waals surface area contributed by atoms with Crippen LogP contribution in [0.3, 0.4) is 0 Å². The van der Waals surface area contributed by atoms with Gasteiger partial charge in [-0.15, -0.1) is 6.26 Å².